The lowest BCUT2D eigenvalue weighted by Crippen LogP contribution is -2.55. The number of hydrogen-bond acceptors (Lipinski definition) is 2. The molecule has 0 bridgehead atoms. The zero-order valence-electron chi connectivity index (χ0n) is 12.0. The minimum absolute atomic E-state index is 0.140. The summed E-state index contributed by atoms with van der Waals surface area (Å²) in [5, 5.41) is 9.58. The van der Waals surface area contributed by atoms with E-state index >= 15 is 0 Å². The van der Waals surface area contributed by atoms with E-state index in [1.807, 2.05) is 13.0 Å². The van der Waals surface area contributed by atoms with Gasteiger partial charge in [-0.3, -0.25) is 9.69 Å². The monoisotopic (exact) mass is 261 g/mol. The van der Waals surface area contributed by atoms with E-state index in [-0.39, 0.29) is 6.04 Å². The number of hydrogen-bond donors (Lipinski definition) is 1. The lowest BCUT2D eigenvalue weighted by molar-refractivity contribution is -0.155. The van der Waals surface area contributed by atoms with Crippen molar-refractivity contribution in [3.05, 3.63) is 35.4 Å². The number of carboxylic acid groups (broad SMARTS) is 1. The summed E-state index contributed by atoms with van der Waals surface area (Å²) in [5.41, 5.74) is 1.69. The number of aryl methyl sites for hydroxylation is 1. The minimum atomic E-state index is -0.735. The molecule has 1 heterocycles. The van der Waals surface area contributed by atoms with Gasteiger partial charge in [0.2, 0.25) is 0 Å². The van der Waals surface area contributed by atoms with Crippen molar-refractivity contribution in [3.8, 4) is 0 Å². The van der Waals surface area contributed by atoms with E-state index in [1.54, 1.807) is 0 Å². The quantitative estimate of drug-likeness (QED) is 0.906. The number of benzene rings is 1. The number of carbonyl (C=O) groups is 1. The first kappa shape index (κ1) is 14.1. The molecule has 1 N–H and O–H groups in total. The van der Waals surface area contributed by atoms with Gasteiger partial charge in [-0.15, -0.1) is 0 Å². The summed E-state index contributed by atoms with van der Waals surface area (Å²) >= 11 is 0. The van der Waals surface area contributed by atoms with E-state index in [0.717, 1.165) is 25.8 Å². The van der Waals surface area contributed by atoms with Gasteiger partial charge in [-0.2, -0.15) is 0 Å². The molecule has 1 aromatic carbocycles. The number of aliphatic carboxylic acids is 1. The van der Waals surface area contributed by atoms with Gasteiger partial charge in [0, 0.05) is 6.04 Å². The second-order valence-electron chi connectivity index (χ2n) is 5.82. The molecule has 2 atom stereocenters. The Morgan fingerprint density at radius 1 is 1.42 bits per heavy atom. The number of carboxylic acids is 1. The summed E-state index contributed by atoms with van der Waals surface area (Å²) in [5.74, 6) is -0.702. The van der Waals surface area contributed by atoms with Crippen LogP contribution < -0.4 is 0 Å². The Morgan fingerprint density at radius 2 is 2.16 bits per heavy atom. The highest BCUT2D eigenvalue weighted by Crippen LogP contribution is 2.35. The zero-order valence-corrected chi connectivity index (χ0v) is 12.0. The highest BCUT2D eigenvalue weighted by Gasteiger charge is 2.43. The summed E-state index contributed by atoms with van der Waals surface area (Å²) < 4.78 is 0. The van der Waals surface area contributed by atoms with E-state index in [1.165, 1.54) is 11.1 Å². The Bertz CT molecular complexity index is 472. The average molecular weight is 261 g/mol. The lowest BCUT2D eigenvalue weighted by Gasteiger charge is -2.45. The van der Waals surface area contributed by atoms with Crippen molar-refractivity contribution in [2.24, 2.45) is 0 Å². The van der Waals surface area contributed by atoms with E-state index in [2.05, 4.69) is 36.9 Å². The van der Waals surface area contributed by atoms with Gasteiger partial charge >= 0.3 is 5.97 Å². The molecule has 2 unspecified atom stereocenters. The number of nitrogens with zero attached hydrogens (tertiary/aromatic N) is 1. The van der Waals surface area contributed by atoms with Crippen LogP contribution >= 0.6 is 0 Å². The minimum Gasteiger partial charge on any atom is -0.480 e. The van der Waals surface area contributed by atoms with Crippen LogP contribution in [0.15, 0.2) is 24.3 Å². The molecule has 0 spiro atoms. The average Bonchev–Trinajstić information content (AvgIpc) is 2.38. The van der Waals surface area contributed by atoms with Crippen LogP contribution in [0.2, 0.25) is 0 Å². The SMILES string of the molecule is Cc1cccc(C(C)N2CCCCC2(C)C(=O)O)c1. The van der Waals surface area contributed by atoms with Crippen LogP contribution in [-0.4, -0.2) is 28.1 Å². The van der Waals surface area contributed by atoms with Crippen LogP contribution in [0.3, 0.4) is 0 Å². The van der Waals surface area contributed by atoms with Crippen molar-refractivity contribution >= 4 is 5.97 Å². The zero-order chi connectivity index (χ0) is 14.0. The molecular formula is C16H23NO2. The summed E-state index contributed by atoms with van der Waals surface area (Å²) in [4.78, 5) is 13.8. The fraction of sp³-hybridized carbons (Fsp3) is 0.562. The Labute approximate surface area is 115 Å². The Balaban J connectivity index is 2.30. The second-order valence-corrected chi connectivity index (χ2v) is 5.82. The molecule has 3 nitrogen and oxygen atoms in total. The van der Waals surface area contributed by atoms with Crippen molar-refractivity contribution in [2.45, 2.75) is 51.6 Å². The van der Waals surface area contributed by atoms with Gasteiger partial charge in [-0.1, -0.05) is 29.8 Å². The maximum atomic E-state index is 11.6. The number of likely N-dealkylation sites (tertiary alicyclic amines) is 1. The molecule has 0 radical (unpaired) electrons. The van der Waals surface area contributed by atoms with Gasteiger partial charge in [0.15, 0.2) is 0 Å². The molecular weight excluding hydrogens is 238 g/mol. The topological polar surface area (TPSA) is 40.5 Å². The van der Waals surface area contributed by atoms with Crippen molar-refractivity contribution < 1.29 is 9.90 Å². The highest BCUT2D eigenvalue weighted by molar-refractivity contribution is 5.78. The molecule has 104 valence electrons. The smallest absolute Gasteiger partial charge is 0.323 e. The number of rotatable bonds is 3. The Hall–Kier alpha value is -1.35. The Kier molecular flexibility index (Phi) is 3.95. The van der Waals surface area contributed by atoms with Crippen LogP contribution in [0.4, 0.5) is 0 Å². The van der Waals surface area contributed by atoms with Crippen LogP contribution in [0, 0.1) is 6.92 Å². The predicted molar refractivity (Wildman–Crippen MR) is 76.2 cm³/mol. The molecule has 0 aliphatic carbocycles. The predicted octanol–water partition coefficient (Wildman–Crippen LogP) is 3.39. The van der Waals surface area contributed by atoms with E-state index in [9.17, 15) is 9.90 Å². The van der Waals surface area contributed by atoms with Crippen molar-refractivity contribution in [2.75, 3.05) is 6.54 Å². The molecule has 2 rings (SSSR count). The van der Waals surface area contributed by atoms with Gasteiger partial charge in [0.25, 0.3) is 0 Å². The molecule has 3 heteroatoms. The number of piperidine rings is 1. The van der Waals surface area contributed by atoms with Gasteiger partial charge in [-0.25, -0.2) is 0 Å². The third-order valence-electron chi connectivity index (χ3n) is 4.40. The van der Waals surface area contributed by atoms with Crippen molar-refractivity contribution in [1.82, 2.24) is 4.90 Å². The molecule has 1 aromatic rings. The second kappa shape index (κ2) is 5.33. The van der Waals surface area contributed by atoms with E-state index in [4.69, 9.17) is 0 Å². The van der Waals surface area contributed by atoms with Crippen LogP contribution in [0.25, 0.3) is 0 Å². The standard InChI is InChI=1S/C16H23NO2/c1-12-7-6-8-14(11-12)13(2)17-10-5-4-9-16(17,3)15(18)19/h6-8,11,13H,4-5,9-10H2,1-3H3,(H,18,19). The fourth-order valence-corrected chi connectivity index (χ4v) is 3.10. The summed E-state index contributed by atoms with van der Waals surface area (Å²) in [7, 11) is 0. The lowest BCUT2D eigenvalue weighted by atomic mass is 9.86. The van der Waals surface area contributed by atoms with E-state index < -0.39 is 11.5 Å². The van der Waals surface area contributed by atoms with Gasteiger partial charge in [0.05, 0.1) is 0 Å². The third kappa shape index (κ3) is 2.66. The maximum absolute atomic E-state index is 11.6. The third-order valence-corrected chi connectivity index (χ3v) is 4.40. The normalized spacial score (nSPS) is 26.1. The summed E-state index contributed by atoms with van der Waals surface area (Å²) in [6, 6.07) is 8.50. The molecule has 19 heavy (non-hydrogen) atoms. The molecule has 1 saturated heterocycles. The largest absolute Gasteiger partial charge is 0.480 e. The first-order valence-corrected chi connectivity index (χ1v) is 7.02. The van der Waals surface area contributed by atoms with Crippen LogP contribution in [-0.2, 0) is 4.79 Å². The molecule has 0 aromatic heterocycles. The van der Waals surface area contributed by atoms with Crippen molar-refractivity contribution in [3.63, 3.8) is 0 Å². The molecule has 1 fully saturated rings. The molecule has 0 amide bonds. The van der Waals surface area contributed by atoms with Crippen molar-refractivity contribution in [1.29, 1.82) is 0 Å². The molecule has 0 saturated carbocycles. The van der Waals surface area contributed by atoms with Crippen LogP contribution in [0.1, 0.15) is 50.3 Å². The first-order chi connectivity index (χ1) is 8.95. The maximum Gasteiger partial charge on any atom is 0.323 e. The Morgan fingerprint density at radius 3 is 2.79 bits per heavy atom. The van der Waals surface area contributed by atoms with Gasteiger partial charge < -0.3 is 5.11 Å². The van der Waals surface area contributed by atoms with Gasteiger partial charge in [-0.05, 0) is 52.1 Å². The first-order valence-electron chi connectivity index (χ1n) is 7.02. The molecule has 1 aliphatic rings. The fourth-order valence-electron chi connectivity index (χ4n) is 3.10. The van der Waals surface area contributed by atoms with E-state index in [0.29, 0.717) is 0 Å². The highest BCUT2D eigenvalue weighted by atomic mass is 16.4. The summed E-state index contributed by atoms with van der Waals surface area (Å²) in [6.07, 6.45) is 2.82. The van der Waals surface area contributed by atoms with Gasteiger partial charge in [0.1, 0.15) is 5.54 Å². The molecule has 1 aliphatic heterocycles. The van der Waals surface area contributed by atoms with Crippen LogP contribution in [0.5, 0.6) is 0 Å². The summed E-state index contributed by atoms with van der Waals surface area (Å²) in [6.45, 7) is 6.91.